The van der Waals surface area contributed by atoms with E-state index in [9.17, 15) is 22.8 Å². The van der Waals surface area contributed by atoms with Crippen molar-refractivity contribution in [3.8, 4) is 0 Å². The van der Waals surface area contributed by atoms with Crippen molar-refractivity contribution >= 4 is 17.5 Å². The minimum atomic E-state index is -4.53. The minimum absolute atomic E-state index is 0.0588. The van der Waals surface area contributed by atoms with Gasteiger partial charge in [0, 0.05) is 25.1 Å². The molecule has 2 aliphatic heterocycles. The van der Waals surface area contributed by atoms with Gasteiger partial charge in [-0.3, -0.25) is 14.2 Å². The van der Waals surface area contributed by atoms with Crippen LogP contribution in [0.15, 0.2) is 10.9 Å². The Morgan fingerprint density at radius 2 is 2.07 bits per heavy atom. The Balaban J connectivity index is 2.06. The van der Waals surface area contributed by atoms with Gasteiger partial charge in [0.25, 0.3) is 5.56 Å². The summed E-state index contributed by atoms with van der Waals surface area (Å²) in [6, 6.07) is -0.558. The van der Waals surface area contributed by atoms with Gasteiger partial charge in [-0.1, -0.05) is 13.8 Å². The molecule has 0 spiro atoms. The van der Waals surface area contributed by atoms with Crippen molar-refractivity contribution in [3.63, 3.8) is 0 Å². The molecule has 1 fully saturated rings. The molecule has 0 aromatic carbocycles. The predicted molar refractivity (Wildman–Crippen MR) is 97.8 cm³/mol. The zero-order valence-corrected chi connectivity index (χ0v) is 16.2. The van der Waals surface area contributed by atoms with Crippen LogP contribution in [0, 0.1) is 5.92 Å². The summed E-state index contributed by atoms with van der Waals surface area (Å²) < 4.78 is 47.6. The first-order chi connectivity index (χ1) is 13.1. The van der Waals surface area contributed by atoms with Gasteiger partial charge in [0.15, 0.2) is 5.78 Å². The summed E-state index contributed by atoms with van der Waals surface area (Å²) in [7, 11) is 0. The van der Waals surface area contributed by atoms with Crippen molar-refractivity contribution in [1.29, 1.82) is 0 Å². The quantitative estimate of drug-likeness (QED) is 0.766. The van der Waals surface area contributed by atoms with Crippen LogP contribution >= 0.6 is 0 Å². The molecule has 0 aliphatic carbocycles. The van der Waals surface area contributed by atoms with Crippen LogP contribution in [0.4, 0.5) is 24.9 Å². The molecule has 2 atom stereocenters. The number of nitrogens with zero attached hydrogens (tertiary/aromatic N) is 4. The monoisotopic (exact) mass is 402 g/mol. The Morgan fingerprint density at radius 3 is 2.68 bits per heavy atom. The fourth-order valence-electron chi connectivity index (χ4n) is 3.54. The van der Waals surface area contributed by atoms with Crippen LogP contribution in [0.5, 0.6) is 0 Å². The zero-order valence-electron chi connectivity index (χ0n) is 16.2. The van der Waals surface area contributed by atoms with E-state index in [-0.39, 0.29) is 30.7 Å². The van der Waals surface area contributed by atoms with E-state index in [1.54, 1.807) is 13.8 Å². The molecule has 0 radical (unpaired) electrons. The van der Waals surface area contributed by atoms with Crippen molar-refractivity contribution in [1.82, 2.24) is 9.55 Å². The third-order valence-corrected chi connectivity index (χ3v) is 5.24. The van der Waals surface area contributed by atoms with Crippen molar-refractivity contribution in [2.24, 2.45) is 5.92 Å². The highest BCUT2D eigenvalue weighted by Gasteiger charge is 2.47. The van der Waals surface area contributed by atoms with E-state index in [2.05, 4.69) is 4.98 Å². The third kappa shape index (κ3) is 4.01. The van der Waals surface area contributed by atoms with Crippen LogP contribution in [-0.4, -0.2) is 59.9 Å². The molecule has 7 nitrogen and oxygen atoms in total. The molecule has 3 heterocycles. The van der Waals surface area contributed by atoms with Crippen molar-refractivity contribution in [2.75, 3.05) is 36.1 Å². The van der Waals surface area contributed by atoms with Crippen molar-refractivity contribution in [2.45, 2.75) is 52.0 Å². The number of Topliss-reactive ketones (excluding diaryl/α,β-unsaturated/α-hetero) is 1. The summed E-state index contributed by atoms with van der Waals surface area (Å²) in [5.74, 6) is -0.527. The number of carbonyl (C=O) groups is 1. The lowest BCUT2D eigenvalue weighted by molar-refractivity contribution is -0.153. The van der Waals surface area contributed by atoms with Gasteiger partial charge in [0.2, 0.25) is 5.95 Å². The molecule has 0 bridgehead atoms. The molecule has 28 heavy (non-hydrogen) atoms. The van der Waals surface area contributed by atoms with Gasteiger partial charge < -0.3 is 14.5 Å². The molecule has 3 rings (SSSR count). The smallest absolute Gasteiger partial charge is 0.377 e. The van der Waals surface area contributed by atoms with E-state index in [1.165, 1.54) is 10.6 Å². The first-order valence-electron chi connectivity index (χ1n) is 9.42. The van der Waals surface area contributed by atoms with Crippen LogP contribution in [0.3, 0.4) is 0 Å². The van der Waals surface area contributed by atoms with Gasteiger partial charge in [-0.15, -0.1) is 0 Å². The van der Waals surface area contributed by atoms with Crippen LogP contribution < -0.4 is 15.4 Å². The molecule has 156 valence electrons. The van der Waals surface area contributed by atoms with Crippen molar-refractivity contribution < 1.29 is 22.7 Å². The van der Waals surface area contributed by atoms with Gasteiger partial charge in [-0.2, -0.15) is 18.2 Å². The van der Waals surface area contributed by atoms with Gasteiger partial charge in [-0.05, 0) is 13.3 Å². The van der Waals surface area contributed by atoms with Crippen LogP contribution in [0.2, 0.25) is 0 Å². The summed E-state index contributed by atoms with van der Waals surface area (Å²) in [6.45, 7) is 6.04. The number of alkyl halides is 3. The Morgan fingerprint density at radius 1 is 1.36 bits per heavy atom. The Kier molecular flexibility index (Phi) is 5.69. The molecule has 1 aromatic heterocycles. The van der Waals surface area contributed by atoms with Crippen LogP contribution in [0.25, 0.3) is 0 Å². The maximum Gasteiger partial charge on any atom is 0.408 e. The fraction of sp³-hybridized carbons (Fsp3) is 0.722. The second kappa shape index (κ2) is 7.73. The molecular formula is C18H25F3N4O3. The lowest BCUT2D eigenvalue weighted by atomic mass is 10.1. The number of hydrogen-bond donors (Lipinski definition) is 0. The molecule has 1 aromatic rings. The molecule has 0 N–H and O–H groups in total. The van der Waals surface area contributed by atoms with Gasteiger partial charge in [0.1, 0.15) is 11.9 Å². The molecule has 0 saturated carbocycles. The number of anilines is 2. The molecule has 2 aliphatic rings. The fourth-order valence-corrected chi connectivity index (χ4v) is 3.54. The summed E-state index contributed by atoms with van der Waals surface area (Å²) >= 11 is 0. The summed E-state index contributed by atoms with van der Waals surface area (Å²) in [5, 5.41) is 0. The number of aromatic nitrogens is 2. The Hall–Kier alpha value is -2.10. The average molecular weight is 402 g/mol. The molecule has 10 heteroatoms. The standard InChI is InChI=1S/C18H25F3N4O3/c1-11(2)13(26)9-25-14(18(19,20)21)4-5-24-16(27)8-15(22-17(24)25)23-6-7-28-10-12(23)3/h8,11-12,14H,4-7,9-10H2,1-3H3/t12-,14?/m1/s1. The summed E-state index contributed by atoms with van der Waals surface area (Å²) in [5.41, 5.74) is -0.415. The maximum atomic E-state index is 13.7. The highest BCUT2D eigenvalue weighted by atomic mass is 19.4. The maximum absolute atomic E-state index is 13.7. The topological polar surface area (TPSA) is 67.7 Å². The minimum Gasteiger partial charge on any atom is -0.377 e. The van der Waals surface area contributed by atoms with E-state index in [1.807, 2.05) is 11.8 Å². The van der Waals surface area contributed by atoms with E-state index < -0.39 is 30.2 Å². The number of fused-ring (bicyclic) bond motifs is 1. The normalized spacial score (nSPS) is 23.1. The number of carbonyl (C=O) groups excluding carboxylic acids is 1. The summed E-state index contributed by atoms with van der Waals surface area (Å²) in [4.78, 5) is 32.1. The first kappa shape index (κ1) is 20.6. The number of hydrogen-bond acceptors (Lipinski definition) is 6. The van der Waals surface area contributed by atoms with Gasteiger partial charge >= 0.3 is 6.18 Å². The number of ketones is 1. The molecule has 1 unspecified atom stereocenters. The molecule has 0 amide bonds. The number of halogens is 3. The second-order valence-electron chi connectivity index (χ2n) is 7.62. The number of rotatable bonds is 4. The van der Waals surface area contributed by atoms with Gasteiger partial charge in [0.05, 0.1) is 25.8 Å². The SMILES string of the molecule is CC(C)C(=O)CN1c2nc(N3CCOC[C@H]3C)cc(=O)n2CCC1C(F)(F)F. The molecular weight excluding hydrogens is 377 g/mol. The van der Waals surface area contributed by atoms with E-state index in [0.717, 1.165) is 4.90 Å². The highest BCUT2D eigenvalue weighted by molar-refractivity contribution is 5.85. The van der Waals surface area contributed by atoms with Gasteiger partial charge in [-0.25, -0.2) is 0 Å². The largest absolute Gasteiger partial charge is 0.408 e. The van der Waals surface area contributed by atoms with E-state index >= 15 is 0 Å². The molecule has 1 saturated heterocycles. The summed E-state index contributed by atoms with van der Waals surface area (Å²) in [6.07, 6.45) is -4.82. The lowest BCUT2D eigenvalue weighted by Crippen LogP contribution is -2.54. The third-order valence-electron chi connectivity index (χ3n) is 5.24. The highest BCUT2D eigenvalue weighted by Crippen LogP contribution is 2.34. The van der Waals surface area contributed by atoms with Crippen LogP contribution in [0.1, 0.15) is 27.2 Å². The lowest BCUT2D eigenvalue weighted by Gasteiger charge is -2.40. The predicted octanol–water partition coefficient (Wildman–Crippen LogP) is 1.83. The van der Waals surface area contributed by atoms with Crippen molar-refractivity contribution in [3.05, 3.63) is 16.4 Å². The number of ether oxygens (including phenoxy) is 1. The van der Waals surface area contributed by atoms with E-state index in [4.69, 9.17) is 4.74 Å². The second-order valence-corrected chi connectivity index (χ2v) is 7.62. The Bertz CT molecular complexity index is 793. The van der Waals surface area contributed by atoms with Crippen LogP contribution in [-0.2, 0) is 16.1 Å². The van der Waals surface area contributed by atoms with E-state index in [0.29, 0.717) is 25.6 Å². The zero-order chi connectivity index (χ0) is 20.6. The Labute approximate surface area is 161 Å². The number of morpholine rings is 1. The average Bonchev–Trinajstić information content (AvgIpc) is 2.61. The first-order valence-corrected chi connectivity index (χ1v) is 9.42.